The number of nitrogens with one attached hydrogen (secondary N) is 1. The van der Waals surface area contributed by atoms with Crippen LogP contribution in [0.5, 0.6) is 5.88 Å². The molecule has 21 heavy (non-hydrogen) atoms. The van der Waals surface area contributed by atoms with Gasteiger partial charge in [0.1, 0.15) is 6.04 Å². The number of carboxylic acid groups (broad SMARTS) is 1. The fourth-order valence-electron chi connectivity index (χ4n) is 2.16. The lowest BCUT2D eigenvalue weighted by molar-refractivity contribution is -0.141. The molecule has 0 saturated carbocycles. The fraction of sp³-hybridized carbons (Fsp3) is 0.462. The molecule has 114 valence electrons. The second kappa shape index (κ2) is 6.40. The maximum atomic E-state index is 12.1. The van der Waals surface area contributed by atoms with Gasteiger partial charge in [0, 0.05) is 19.0 Å². The Balaban J connectivity index is 2.01. The van der Waals surface area contributed by atoms with Crippen LogP contribution in [0.15, 0.2) is 18.3 Å². The van der Waals surface area contributed by atoms with E-state index in [2.05, 4.69) is 10.3 Å². The number of rotatable bonds is 4. The van der Waals surface area contributed by atoms with Crippen molar-refractivity contribution in [1.82, 2.24) is 9.88 Å². The van der Waals surface area contributed by atoms with Crippen LogP contribution >= 0.6 is 0 Å². The van der Waals surface area contributed by atoms with Crippen molar-refractivity contribution >= 4 is 17.7 Å². The Morgan fingerprint density at radius 2 is 2.29 bits per heavy atom. The number of carbonyl (C=O) groups is 2. The minimum Gasteiger partial charge on any atom is -0.480 e. The molecular weight excluding hydrogens is 278 g/mol. The molecular formula is C13H17N3O5. The first-order valence-corrected chi connectivity index (χ1v) is 6.58. The maximum Gasteiger partial charge on any atom is 0.326 e. The van der Waals surface area contributed by atoms with Gasteiger partial charge in [-0.1, -0.05) is 0 Å². The molecule has 8 heteroatoms. The average Bonchev–Trinajstić information content (AvgIpc) is 2.84. The number of hydrogen-bond donors (Lipinski definition) is 3. The summed E-state index contributed by atoms with van der Waals surface area (Å²) in [4.78, 5) is 28.2. The van der Waals surface area contributed by atoms with Gasteiger partial charge in [-0.05, 0) is 13.0 Å². The number of ether oxygens (including phenoxy) is 1. The van der Waals surface area contributed by atoms with E-state index in [4.69, 9.17) is 9.84 Å². The second-order valence-electron chi connectivity index (χ2n) is 4.64. The summed E-state index contributed by atoms with van der Waals surface area (Å²) in [5, 5.41) is 21.1. The molecule has 0 radical (unpaired) electrons. The molecule has 1 saturated heterocycles. The monoisotopic (exact) mass is 295 g/mol. The van der Waals surface area contributed by atoms with E-state index < -0.39 is 24.1 Å². The summed E-state index contributed by atoms with van der Waals surface area (Å²) in [7, 11) is 0. The van der Waals surface area contributed by atoms with Crippen LogP contribution in [0.3, 0.4) is 0 Å². The third-order valence-electron chi connectivity index (χ3n) is 3.10. The highest BCUT2D eigenvalue weighted by Crippen LogP contribution is 2.20. The van der Waals surface area contributed by atoms with Crippen LogP contribution < -0.4 is 10.1 Å². The molecule has 1 aliphatic heterocycles. The number of aliphatic hydroxyl groups is 1. The van der Waals surface area contributed by atoms with Crippen LogP contribution in [-0.2, 0) is 4.79 Å². The van der Waals surface area contributed by atoms with Gasteiger partial charge in [-0.2, -0.15) is 0 Å². The van der Waals surface area contributed by atoms with Crippen LogP contribution in [0.25, 0.3) is 0 Å². The van der Waals surface area contributed by atoms with E-state index in [1.165, 1.54) is 6.20 Å². The van der Waals surface area contributed by atoms with Crippen LogP contribution in [0.2, 0.25) is 0 Å². The number of aliphatic carboxylic acids is 1. The minimum atomic E-state index is -1.13. The molecule has 3 N–H and O–H groups in total. The Morgan fingerprint density at radius 1 is 1.52 bits per heavy atom. The molecule has 2 rings (SSSR count). The van der Waals surface area contributed by atoms with Gasteiger partial charge in [-0.25, -0.2) is 14.6 Å². The summed E-state index contributed by atoms with van der Waals surface area (Å²) < 4.78 is 5.18. The highest BCUT2D eigenvalue weighted by Gasteiger charge is 2.38. The van der Waals surface area contributed by atoms with Crippen LogP contribution in [0.1, 0.15) is 13.3 Å². The van der Waals surface area contributed by atoms with Gasteiger partial charge in [-0.3, -0.25) is 0 Å². The van der Waals surface area contributed by atoms with Crippen molar-refractivity contribution in [3.05, 3.63) is 18.3 Å². The van der Waals surface area contributed by atoms with Gasteiger partial charge in [0.15, 0.2) is 0 Å². The Bertz CT molecular complexity index is 519. The van der Waals surface area contributed by atoms with Gasteiger partial charge in [0.25, 0.3) is 0 Å². The number of nitrogens with zero attached hydrogens (tertiary/aromatic N) is 2. The first-order valence-electron chi connectivity index (χ1n) is 6.58. The Morgan fingerprint density at radius 3 is 2.86 bits per heavy atom. The number of pyridine rings is 1. The number of urea groups is 1. The SMILES string of the molecule is CCOc1ccc(NC(=O)N2CC(O)CC2C(=O)O)cn1. The lowest BCUT2D eigenvalue weighted by Crippen LogP contribution is -2.43. The number of amides is 2. The summed E-state index contributed by atoms with van der Waals surface area (Å²) in [5.74, 6) is -0.693. The van der Waals surface area contributed by atoms with Crippen molar-refractivity contribution in [2.45, 2.75) is 25.5 Å². The molecule has 0 aliphatic carbocycles. The zero-order chi connectivity index (χ0) is 15.4. The molecule has 8 nitrogen and oxygen atoms in total. The molecule has 1 aliphatic rings. The quantitative estimate of drug-likeness (QED) is 0.747. The number of β-amino-alcohol motifs (C(OH)–C–C–N with tert-alkyl or cyclic N) is 1. The topological polar surface area (TPSA) is 112 Å². The molecule has 2 unspecified atom stereocenters. The summed E-state index contributed by atoms with van der Waals surface area (Å²) in [6.07, 6.45) is 0.630. The van der Waals surface area contributed by atoms with Crippen molar-refractivity contribution in [1.29, 1.82) is 0 Å². The molecule has 1 aromatic heterocycles. The predicted molar refractivity (Wildman–Crippen MR) is 73.2 cm³/mol. The van der Waals surface area contributed by atoms with Crippen LogP contribution in [-0.4, -0.2) is 57.4 Å². The number of hydrogen-bond acceptors (Lipinski definition) is 5. The zero-order valence-corrected chi connectivity index (χ0v) is 11.5. The third kappa shape index (κ3) is 3.60. The van der Waals surface area contributed by atoms with E-state index in [-0.39, 0.29) is 13.0 Å². The molecule has 1 fully saturated rings. The van der Waals surface area contributed by atoms with E-state index in [0.717, 1.165) is 4.90 Å². The second-order valence-corrected chi connectivity index (χ2v) is 4.64. The third-order valence-corrected chi connectivity index (χ3v) is 3.10. The maximum absolute atomic E-state index is 12.1. The zero-order valence-electron chi connectivity index (χ0n) is 11.5. The number of carboxylic acids is 1. The largest absolute Gasteiger partial charge is 0.480 e. The lowest BCUT2D eigenvalue weighted by Gasteiger charge is -2.21. The van der Waals surface area contributed by atoms with E-state index in [0.29, 0.717) is 18.2 Å². The molecule has 0 aromatic carbocycles. The number of aliphatic hydroxyl groups excluding tert-OH is 1. The number of anilines is 1. The molecule has 2 heterocycles. The van der Waals surface area contributed by atoms with Crippen LogP contribution in [0, 0.1) is 0 Å². The Labute approximate surface area is 121 Å². The average molecular weight is 295 g/mol. The first-order chi connectivity index (χ1) is 10.0. The van der Waals surface area contributed by atoms with Gasteiger partial charge >= 0.3 is 12.0 Å². The number of carbonyl (C=O) groups excluding carboxylic acids is 1. The molecule has 2 atom stereocenters. The molecule has 1 aromatic rings. The number of aromatic nitrogens is 1. The highest BCUT2D eigenvalue weighted by atomic mass is 16.5. The van der Waals surface area contributed by atoms with Gasteiger partial charge in [0.05, 0.1) is 24.6 Å². The molecule has 0 spiro atoms. The number of likely N-dealkylation sites (tertiary alicyclic amines) is 1. The Kier molecular flexibility index (Phi) is 4.59. The summed E-state index contributed by atoms with van der Waals surface area (Å²) in [6, 6.07) is 1.62. The van der Waals surface area contributed by atoms with E-state index in [1.54, 1.807) is 12.1 Å². The van der Waals surface area contributed by atoms with Gasteiger partial charge < -0.3 is 25.2 Å². The minimum absolute atomic E-state index is 0.00669. The molecule has 2 amide bonds. The van der Waals surface area contributed by atoms with Crippen molar-refractivity contribution < 1.29 is 24.5 Å². The summed E-state index contributed by atoms with van der Waals surface area (Å²) in [6.45, 7) is 2.32. The normalized spacial score (nSPS) is 21.1. The fourth-order valence-corrected chi connectivity index (χ4v) is 2.16. The van der Waals surface area contributed by atoms with Crippen LogP contribution in [0.4, 0.5) is 10.5 Å². The van der Waals surface area contributed by atoms with Crippen molar-refractivity contribution in [3.8, 4) is 5.88 Å². The van der Waals surface area contributed by atoms with Gasteiger partial charge in [0.2, 0.25) is 5.88 Å². The lowest BCUT2D eigenvalue weighted by atomic mass is 10.2. The molecule has 0 bridgehead atoms. The van der Waals surface area contributed by atoms with E-state index in [1.807, 2.05) is 6.92 Å². The Hall–Kier alpha value is -2.35. The predicted octanol–water partition coefficient (Wildman–Crippen LogP) is 0.532. The standard InChI is InChI=1S/C13H17N3O5/c1-2-21-11-4-3-8(6-14-11)15-13(20)16-7-9(17)5-10(16)12(18)19/h3-4,6,9-10,17H,2,5,7H2,1H3,(H,15,20)(H,18,19). The van der Waals surface area contributed by atoms with Crippen molar-refractivity contribution in [2.24, 2.45) is 0 Å². The highest BCUT2D eigenvalue weighted by molar-refractivity contribution is 5.92. The van der Waals surface area contributed by atoms with Crippen molar-refractivity contribution in [3.63, 3.8) is 0 Å². The first kappa shape index (κ1) is 15.0. The van der Waals surface area contributed by atoms with E-state index in [9.17, 15) is 14.7 Å². The summed E-state index contributed by atoms with van der Waals surface area (Å²) >= 11 is 0. The smallest absolute Gasteiger partial charge is 0.326 e. The van der Waals surface area contributed by atoms with Gasteiger partial charge in [-0.15, -0.1) is 0 Å². The van der Waals surface area contributed by atoms with E-state index >= 15 is 0 Å². The summed E-state index contributed by atoms with van der Waals surface area (Å²) in [5.41, 5.74) is 0.425. The van der Waals surface area contributed by atoms with Crippen molar-refractivity contribution in [2.75, 3.05) is 18.5 Å².